The van der Waals surface area contributed by atoms with Gasteiger partial charge >= 0.3 is 0 Å². The molecule has 0 saturated heterocycles. The number of allylic oxidation sites excluding steroid dienone is 4. The van der Waals surface area contributed by atoms with Crippen LogP contribution in [-0.4, -0.2) is 30.7 Å². The molecule has 0 aromatic carbocycles. The van der Waals surface area contributed by atoms with Gasteiger partial charge in [-0.25, -0.2) is 0 Å². The van der Waals surface area contributed by atoms with E-state index in [1.165, 1.54) is 108 Å². The molecule has 0 bridgehead atoms. The summed E-state index contributed by atoms with van der Waals surface area (Å²) in [5, 5.41) is 0. The zero-order valence-corrected chi connectivity index (χ0v) is 18.1. The first-order valence-electron chi connectivity index (χ1n) is 11.4. The van der Waals surface area contributed by atoms with E-state index in [1.807, 2.05) is 0 Å². The smallest absolute Gasteiger partial charge is 0.0786 e. The minimum atomic E-state index is 1.24. The van der Waals surface area contributed by atoms with Crippen LogP contribution in [0.5, 0.6) is 0 Å². The third-order valence-corrected chi connectivity index (χ3v) is 5.40. The van der Waals surface area contributed by atoms with Gasteiger partial charge in [0.15, 0.2) is 0 Å². The Bertz CT molecular complexity index is 294. The number of rotatable bonds is 18. The second-order valence-corrected chi connectivity index (χ2v) is 7.81. The van der Waals surface area contributed by atoms with E-state index in [0.29, 0.717) is 0 Å². The molecular weight excluding hydrogens is 302 g/mol. The van der Waals surface area contributed by atoms with Gasteiger partial charge in [0.25, 0.3) is 0 Å². The molecule has 0 aromatic heterocycles. The molecular formula is C24H48N+. The van der Waals surface area contributed by atoms with Gasteiger partial charge in [-0.2, -0.15) is 0 Å². The highest BCUT2D eigenvalue weighted by molar-refractivity contribution is 5.00. The van der Waals surface area contributed by atoms with Gasteiger partial charge in [0.05, 0.1) is 26.2 Å². The molecule has 0 aliphatic heterocycles. The van der Waals surface area contributed by atoms with Crippen molar-refractivity contribution in [2.75, 3.05) is 26.2 Å². The fourth-order valence-electron chi connectivity index (χ4n) is 3.68. The lowest BCUT2D eigenvalue weighted by molar-refractivity contribution is -0.929. The van der Waals surface area contributed by atoms with E-state index in [9.17, 15) is 0 Å². The third-order valence-electron chi connectivity index (χ3n) is 5.40. The maximum Gasteiger partial charge on any atom is 0.0786 e. The van der Waals surface area contributed by atoms with Crippen LogP contribution in [0.1, 0.15) is 105 Å². The highest BCUT2D eigenvalue weighted by Crippen LogP contribution is 2.17. The van der Waals surface area contributed by atoms with E-state index in [1.54, 1.807) is 0 Å². The molecule has 0 amide bonds. The summed E-state index contributed by atoms with van der Waals surface area (Å²) in [6, 6.07) is 0. The standard InChI is InChI=1S/C24H48N/c1-5-9-13-14-15-16-17-18-19-20-24-25(21-10-6-2,22-11-7-3)23-12-8-4/h5,9,13-14H,6-8,10-12,15-24H2,1-4H3/q+1. The van der Waals surface area contributed by atoms with E-state index in [0.717, 1.165) is 0 Å². The van der Waals surface area contributed by atoms with E-state index in [2.05, 4.69) is 52.0 Å². The van der Waals surface area contributed by atoms with Crippen LogP contribution in [0.15, 0.2) is 24.3 Å². The van der Waals surface area contributed by atoms with Crippen LogP contribution >= 0.6 is 0 Å². The minimum Gasteiger partial charge on any atom is -0.324 e. The molecule has 0 aliphatic rings. The van der Waals surface area contributed by atoms with Gasteiger partial charge in [0, 0.05) is 0 Å². The molecule has 0 rings (SSSR count). The van der Waals surface area contributed by atoms with Crippen LogP contribution in [0, 0.1) is 0 Å². The third kappa shape index (κ3) is 14.3. The molecule has 0 saturated carbocycles. The lowest BCUT2D eigenvalue weighted by Gasteiger charge is -2.39. The van der Waals surface area contributed by atoms with Gasteiger partial charge in [-0.05, 0) is 51.9 Å². The van der Waals surface area contributed by atoms with Crippen LogP contribution in [-0.2, 0) is 0 Å². The highest BCUT2D eigenvalue weighted by Gasteiger charge is 2.24. The zero-order chi connectivity index (χ0) is 18.6. The van der Waals surface area contributed by atoms with E-state index >= 15 is 0 Å². The van der Waals surface area contributed by atoms with Crippen LogP contribution in [0.4, 0.5) is 0 Å². The molecule has 148 valence electrons. The van der Waals surface area contributed by atoms with E-state index in [-0.39, 0.29) is 0 Å². The van der Waals surface area contributed by atoms with E-state index < -0.39 is 0 Å². The van der Waals surface area contributed by atoms with Crippen molar-refractivity contribution >= 4 is 0 Å². The Hall–Kier alpha value is -0.560. The van der Waals surface area contributed by atoms with Crippen molar-refractivity contribution in [3.63, 3.8) is 0 Å². The SMILES string of the molecule is CC=CC=CCCCCCCC[N+](CCCC)(CCCC)CCCC. The fourth-order valence-corrected chi connectivity index (χ4v) is 3.68. The normalized spacial score (nSPS) is 12.6. The zero-order valence-electron chi connectivity index (χ0n) is 18.1. The van der Waals surface area contributed by atoms with Crippen molar-refractivity contribution in [3.05, 3.63) is 24.3 Å². The summed E-state index contributed by atoms with van der Waals surface area (Å²) in [6.45, 7) is 14.8. The number of hydrogen-bond donors (Lipinski definition) is 0. The highest BCUT2D eigenvalue weighted by atomic mass is 15.3. The van der Waals surface area contributed by atoms with Gasteiger partial charge in [-0.15, -0.1) is 0 Å². The van der Waals surface area contributed by atoms with Crippen LogP contribution in [0.25, 0.3) is 0 Å². The molecule has 25 heavy (non-hydrogen) atoms. The van der Waals surface area contributed by atoms with Crippen molar-refractivity contribution in [2.45, 2.75) is 105 Å². The van der Waals surface area contributed by atoms with Crippen molar-refractivity contribution in [1.29, 1.82) is 0 Å². The molecule has 0 radical (unpaired) electrons. The first-order valence-corrected chi connectivity index (χ1v) is 11.4. The largest absolute Gasteiger partial charge is 0.324 e. The molecule has 0 aliphatic carbocycles. The van der Waals surface area contributed by atoms with Crippen LogP contribution < -0.4 is 0 Å². The molecule has 0 heterocycles. The maximum atomic E-state index is 2.35. The van der Waals surface area contributed by atoms with Gasteiger partial charge in [-0.3, -0.25) is 0 Å². The summed E-state index contributed by atoms with van der Waals surface area (Å²) >= 11 is 0. The molecule has 0 N–H and O–H groups in total. The average Bonchev–Trinajstić information content (AvgIpc) is 2.64. The lowest BCUT2D eigenvalue weighted by atomic mass is 10.1. The quantitative estimate of drug-likeness (QED) is 0.135. The van der Waals surface area contributed by atoms with Gasteiger partial charge < -0.3 is 4.48 Å². The maximum absolute atomic E-state index is 2.35. The number of quaternary nitrogens is 1. The van der Waals surface area contributed by atoms with E-state index in [4.69, 9.17) is 0 Å². The number of nitrogens with zero attached hydrogens (tertiary/aromatic N) is 1. The van der Waals surface area contributed by atoms with Crippen molar-refractivity contribution in [2.24, 2.45) is 0 Å². The topological polar surface area (TPSA) is 0 Å². The van der Waals surface area contributed by atoms with Crippen molar-refractivity contribution in [3.8, 4) is 0 Å². The Kier molecular flexibility index (Phi) is 17.8. The van der Waals surface area contributed by atoms with Crippen LogP contribution in [0.3, 0.4) is 0 Å². The fraction of sp³-hybridized carbons (Fsp3) is 0.833. The Labute approximate surface area is 160 Å². The van der Waals surface area contributed by atoms with Crippen molar-refractivity contribution < 1.29 is 4.48 Å². The molecule has 0 spiro atoms. The average molecular weight is 351 g/mol. The molecule has 0 fully saturated rings. The Morgan fingerprint density at radius 2 is 1.04 bits per heavy atom. The summed E-state index contributed by atoms with van der Waals surface area (Å²) < 4.78 is 1.42. The summed E-state index contributed by atoms with van der Waals surface area (Å²) in [5.41, 5.74) is 0. The predicted octanol–water partition coefficient (Wildman–Crippen LogP) is 7.68. The molecule has 0 unspecified atom stereocenters. The molecule has 1 nitrogen and oxygen atoms in total. The minimum absolute atomic E-state index is 1.24. The summed E-state index contributed by atoms with van der Waals surface area (Å²) in [7, 11) is 0. The van der Waals surface area contributed by atoms with Crippen molar-refractivity contribution in [1.82, 2.24) is 0 Å². The molecule has 1 heteroatoms. The Balaban J connectivity index is 4.12. The number of hydrogen-bond acceptors (Lipinski definition) is 0. The van der Waals surface area contributed by atoms with Gasteiger partial charge in [-0.1, -0.05) is 77.2 Å². The summed E-state index contributed by atoms with van der Waals surface area (Å²) in [6.07, 6.45) is 25.3. The second kappa shape index (κ2) is 18.2. The first kappa shape index (κ1) is 24.4. The Morgan fingerprint density at radius 1 is 0.560 bits per heavy atom. The molecule has 0 atom stereocenters. The van der Waals surface area contributed by atoms with Crippen LogP contribution in [0.2, 0.25) is 0 Å². The monoisotopic (exact) mass is 350 g/mol. The lowest BCUT2D eigenvalue weighted by Crippen LogP contribution is -2.50. The first-order chi connectivity index (χ1) is 12.2. The number of unbranched alkanes of at least 4 members (excludes halogenated alkanes) is 8. The Morgan fingerprint density at radius 3 is 1.56 bits per heavy atom. The van der Waals surface area contributed by atoms with Gasteiger partial charge in [0.1, 0.15) is 0 Å². The molecule has 0 aromatic rings. The predicted molar refractivity (Wildman–Crippen MR) is 116 cm³/mol. The summed E-state index contributed by atoms with van der Waals surface area (Å²) in [4.78, 5) is 0. The second-order valence-electron chi connectivity index (χ2n) is 7.81. The van der Waals surface area contributed by atoms with Gasteiger partial charge in [0.2, 0.25) is 0 Å². The summed E-state index contributed by atoms with van der Waals surface area (Å²) in [5.74, 6) is 0.